The van der Waals surface area contributed by atoms with Crippen molar-refractivity contribution in [2.75, 3.05) is 10.7 Å². The highest BCUT2D eigenvalue weighted by Crippen LogP contribution is 2.26. The summed E-state index contributed by atoms with van der Waals surface area (Å²) in [6.45, 7) is 2.05. The second-order valence-corrected chi connectivity index (χ2v) is 5.05. The van der Waals surface area contributed by atoms with Crippen molar-refractivity contribution in [3.63, 3.8) is 0 Å². The van der Waals surface area contributed by atoms with Crippen molar-refractivity contribution >= 4 is 33.3 Å². The summed E-state index contributed by atoms with van der Waals surface area (Å²) in [6.07, 6.45) is 3.10. The maximum atomic E-state index is 13.5. The zero-order chi connectivity index (χ0) is 14.5. The molecule has 0 aliphatic carbocycles. The first-order valence-electron chi connectivity index (χ1n) is 6.18. The number of hydrazine groups is 1. The Morgan fingerprint density at radius 1 is 1.30 bits per heavy atom. The van der Waals surface area contributed by atoms with Gasteiger partial charge in [0.1, 0.15) is 23.8 Å². The van der Waals surface area contributed by atoms with E-state index in [1.807, 2.05) is 0 Å². The zero-order valence-electron chi connectivity index (χ0n) is 11.0. The third-order valence-electron chi connectivity index (χ3n) is 2.76. The molecule has 7 heteroatoms. The number of hydrogen-bond acceptors (Lipinski definition) is 5. The van der Waals surface area contributed by atoms with Gasteiger partial charge in [0.2, 0.25) is 0 Å². The van der Waals surface area contributed by atoms with E-state index < -0.39 is 0 Å². The van der Waals surface area contributed by atoms with Crippen LogP contribution in [0, 0.1) is 5.82 Å². The van der Waals surface area contributed by atoms with Gasteiger partial charge in [-0.3, -0.25) is 0 Å². The second-order valence-electron chi connectivity index (χ2n) is 4.20. The van der Waals surface area contributed by atoms with Gasteiger partial charge in [-0.1, -0.05) is 13.3 Å². The van der Waals surface area contributed by atoms with Crippen LogP contribution in [0.5, 0.6) is 0 Å². The Balaban J connectivity index is 2.34. The number of nitrogens with zero attached hydrogens (tertiary/aromatic N) is 2. The summed E-state index contributed by atoms with van der Waals surface area (Å²) in [4.78, 5) is 8.28. The van der Waals surface area contributed by atoms with Gasteiger partial charge in [0.05, 0.1) is 4.47 Å². The highest BCUT2D eigenvalue weighted by molar-refractivity contribution is 9.10. The number of halogens is 2. The van der Waals surface area contributed by atoms with Crippen molar-refractivity contribution in [3.05, 3.63) is 40.4 Å². The Bertz CT molecular complexity index is 605. The van der Waals surface area contributed by atoms with Crippen molar-refractivity contribution in [2.45, 2.75) is 19.8 Å². The van der Waals surface area contributed by atoms with E-state index >= 15 is 0 Å². The maximum absolute atomic E-state index is 13.5. The molecule has 0 amide bonds. The number of rotatable bonds is 5. The topological polar surface area (TPSA) is 75.9 Å². The lowest BCUT2D eigenvalue weighted by molar-refractivity contribution is 0.622. The first-order valence-corrected chi connectivity index (χ1v) is 6.97. The fourth-order valence-corrected chi connectivity index (χ4v) is 2.09. The highest BCUT2D eigenvalue weighted by atomic mass is 79.9. The average Bonchev–Trinajstić information content (AvgIpc) is 2.45. The normalized spacial score (nSPS) is 10.4. The van der Waals surface area contributed by atoms with Crippen molar-refractivity contribution in [1.82, 2.24) is 9.97 Å². The van der Waals surface area contributed by atoms with Crippen molar-refractivity contribution in [2.24, 2.45) is 5.84 Å². The summed E-state index contributed by atoms with van der Waals surface area (Å²) >= 11 is 3.12. The summed E-state index contributed by atoms with van der Waals surface area (Å²) in [5, 5.41) is 3.09. The molecule has 0 spiro atoms. The SMILES string of the molecule is CCCc1c(NN)ncnc1Nc1ccc(Br)c(F)c1. The highest BCUT2D eigenvalue weighted by Gasteiger charge is 2.11. The van der Waals surface area contributed by atoms with E-state index in [-0.39, 0.29) is 5.82 Å². The average molecular weight is 340 g/mol. The van der Waals surface area contributed by atoms with Gasteiger partial charge in [0, 0.05) is 11.3 Å². The third-order valence-corrected chi connectivity index (χ3v) is 3.41. The standard InChI is InChI=1S/C13H15BrFN5/c1-2-3-9-12(17-7-18-13(9)20-16)19-8-4-5-10(14)11(15)6-8/h4-7H,2-3,16H2,1H3,(H2,17,18,19,20). The van der Waals surface area contributed by atoms with Crippen LogP contribution in [0.15, 0.2) is 29.0 Å². The zero-order valence-corrected chi connectivity index (χ0v) is 12.5. The second kappa shape index (κ2) is 6.62. The molecule has 1 aromatic heterocycles. The molecule has 2 rings (SSSR count). The van der Waals surface area contributed by atoms with Crippen molar-refractivity contribution in [3.8, 4) is 0 Å². The molecule has 0 saturated heterocycles. The van der Waals surface area contributed by atoms with Crippen LogP contribution in [0.4, 0.5) is 21.7 Å². The number of anilines is 3. The van der Waals surface area contributed by atoms with Crippen LogP contribution in [-0.2, 0) is 6.42 Å². The van der Waals surface area contributed by atoms with Crippen LogP contribution in [-0.4, -0.2) is 9.97 Å². The molecule has 5 nitrogen and oxygen atoms in total. The van der Waals surface area contributed by atoms with Gasteiger partial charge in [-0.25, -0.2) is 20.2 Å². The van der Waals surface area contributed by atoms with Crippen LogP contribution in [0.25, 0.3) is 0 Å². The lowest BCUT2D eigenvalue weighted by atomic mass is 10.1. The summed E-state index contributed by atoms with van der Waals surface area (Å²) in [6, 6.07) is 4.80. The molecule has 0 aliphatic rings. The molecule has 0 fully saturated rings. The molecular formula is C13H15BrFN5. The van der Waals surface area contributed by atoms with Crippen LogP contribution in [0.1, 0.15) is 18.9 Å². The van der Waals surface area contributed by atoms with Crippen LogP contribution in [0.3, 0.4) is 0 Å². The molecule has 4 N–H and O–H groups in total. The number of benzene rings is 1. The molecule has 106 valence electrons. The Morgan fingerprint density at radius 2 is 2.05 bits per heavy atom. The van der Waals surface area contributed by atoms with E-state index in [0.29, 0.717) is 21.8 Å². The molecule has 1 aromatic carbocycles. The van der Waals surface area contributed by atoms with E-state index in [0.717, 1.165) is 18.4 Å². The third kappa shape index (κ3) is 3.23. The summed E-state index contributed by atoms with van der Waals surface area (Å²) in [5.74, 6) is 6.31. The predicted molar refractivity (Wildman–Crippen MR) is 81.2 cm³/mol. The lowest BCUT2D eigenvalue weighted by Gasteiger charge is -2.13. The Kier molecular flexibility index (Phi) is 4.86. The quantitative estimate of drug-likeness (QED) is 0.575. The van der Waals surface area contributed by atoms with Gasteiger partial charge < -0.3 is 10.7 Å². The molecule has 0 atom stereocenters. The first kappa shape index (κ1) is 14.7. The largest absolute Gasteiger partial charge is 0.340 e. The molecule has 0 aliphatic heterocycles. The molecule has 2 aromatic rings. The summed E-state index contributed by atoms with van der Waals surface area (Å²) in [7, 11) is 0. The van der Waals surface area contributed by atoms with Crippen molar-refractivity contribution in [1.29, 1.82) is 0 Å². The predicted octanol–water partition coefficient (Wildman–Crippen LogP) is 3.36. The minimum Gasteiger partial charge on any atom is -0.340 e. The van der Waals surface area contributed by atoms with Crippen LogP contribution >= 0.6 is 15.9 Å². The Morgan fingerprint density at radius 3 is 2.70 bits per heavy atom. The minimum atomic E-state index is -0.335. The monoisotopic (exact) mass is 339 g/mol. The number of nitrogens with two attached hydrogens (primary N) is 1. The fraction of sp³-hybridized carbons (Fsp3) is 0.231. The van der Waals surface area contributed by atoms with E-state index in [1.165, 1.54) is 12.4 Å². The minimum absolute atomic E-state index is 0.335. The van der Waals surface area contributed by atoms with E-state index in [2.05, 4.69) is 43.6 Å². The molecule has 0 saturated carbocycles. The van der Waals surface area contributed by atoms with Gasteiger partial charge >= 0.3 is 0 Å². The Hall–Kier alpha value is -1.73. The van der Waals surface area contributed by atoms with E-state index in [1.54, 1.807) is 12.1 Å². The molecule has 1 heterocycles. The van der Waals surface area contributed by atoms with Gasteiger partial charge in [-0.05, 0) is 40.5 Å². The Labute approximate surface area is 124 Å². The number of nitrogens with one attached hydrogen (secondary N) is 2. The van der Waals surface area contributed by atoms with Gasteiger partial charge in [-0.2, -0.15) is 0 Å². The smallest absolute Gasteiger partial charge is 0.148 e. The van der Waals surface area contributed by atoms with Gasteiger partial charge in [0.25, 0.3) is 0 Å². The molecule has 20 heavy (non-hydrogen) atoms. The first-order chi connectivity index (χ1) is 9.65. The number of aromatic nitrogens is 2. The summed E-state index contributed by atoms with van der Waals surface area (Å²) in [5.41, 5.74) is 4.05. The summed E-state index contributed by atoms with van der Waals surface area (Å²) < 4.78 is 13.9. The maximum Gasteiger partial charge on any atom is 0.148 e. The van der Waals surface area contributed by atoms with Gasteiger partial charge in [0.15, 0.2) is 0 Å². The van der Waals surface area contributed by atoms with E-state index in [4.69, 9.17) is 5.84 Å². The molecular weight excluding hydrogens is 325 g/mol. The van der Waals surface area contributed by atoms with Crippen LogP contribution < -0.4 is 16.6 Å². The number of hydrogen-bond donors (Lipinski definition) is 3. The fourth-order valence-electron chi connectivity index (χ4n) is 1.84. The lowest BCUT2D eigenvalue weighted by Crippen LogP contribution is -2.13. The number of nitrogen functional groups attached to an aromatic ring is 1. The van der Waals surface area contributed by atoms with Gasteiger partial charge in [-0.15, -0.1) is 0 Å². The van der Waals surface area contributed by atoms with Crippen LogP contribution in [0.2, 0.25) is 0 Å². The molecule has 0 unspecified atom stereocenters. The van der Waals surface area contributed by atoms with Crippen molar-refractivity contribution < 1.29 is 4.39 Å². The van der Waals surface area contributed by atoms with E-state index in [9.17, 15) is 4.39 Å². The molecule has 0 bridgehead atoms. The molecule has 0 radical (unpaired) electrons.